The molecule has 0 aromatic rings. The minimum Gasteiger partial charge on any atom is -0.343 e. The van der Waals surface area contributed by atoms with E-state index in [0.29, 0.717) is 19.4 Å². The maximum atomic E-state index is 12.4. The van der Waals surface area contributed by atoms with Crippen molar-refractivity contribution in [3.8, 4) is 0 Å². The molecule has 2 amide bonds. The lowest BCUT2D eigenvalue weighted by Crippen LogP contribution is -2.63. The van der Waals surface area contributed by atoms with Crippen LogP contribution >= 0.6 is 0 Å². The van der Waals surface area contributed by atoms with E-state index in [4.69, 9.17) is 0 Å². The summed E-state index contributed by atoms with van der Waals surface area (Å²) in [7, 11) is 0. The number of rotatable bonds is 5. The third kappa shape index (κ3) is 2.99. The zero-order chi connectivity index (χ0) is 13.8. The van der Waals surface area contributed by atoms with E-state index in [2.05, 4.69) is 11.4 Å². The Balaban J connectivity index is 2.03. The lowest BCUT2D eigenvalue weighted by Gasteiger charge is -2.38. The van der Waals surface area contributed by atoms with E-state index < -0.39 is 0 Å². The second kappa shape index (κ2) is 6.22. The van der Waals surface area contributed by atoms with Crippen molar-refractivity contribution in [1.82, 2.24) is 10.2 Å². The van der Waals surface area contributed by atoms with E-state index in [-0.39, 0.29) is 23.9 Å². The van der Waals surface area contributed by atoms with Gasteiger partial charge in [0.15, 0.2) is 0 Å². The van der Waals surface area contributed by atoms with Crippen LogP contribution in [0.1, 0.15) is 52.4 Å². The molecule has 4 nitrogen and oxygen atoms in total. The Morgan fingerprint density at radius 1 is 1.32 bits per heavy atom. The summed E-state index contributed by atoms with van der Waals surface area (Å²) in [5, 5.41) is 2.83. The fourth-order valence-corrected chi connectivity index (χ4v) is 3.00. The summed E-state index contributed by atoms with van der Waals surface area (Å²) >= 11 is 0. The van der Waals surface area contributed by atoms with E-state index in [1.807, 2.05) is 13.8 Å². The molecule has 1 aliphatic heterocycles. The van der Waals surface area contributed by atoms with Gasteiger partial charge in [-0.15, -0.1) is 0 Å². The smallest absolute Gasteiger partial charge is 0.245 e. The summed E-state index contributed by atoms with van der Waals surface area (Å²) < 4.78 is 0. The summed E-state index contributed by atoms with van der Waals surface area (Å²) in [4.78, 5) is 26.2. The van der Waals surface area contributed by atoms with Crippen LogP contribution in [-0.2, 0) is 9.59 Å². The SMILES string of the molecule is CCC1NC(=O)C(CC)N(CCC2=CCCC2)C1=O. The molecule has 0 spiro atoms. The Bertz CT molecular complexity index is 390. The highest BCUT2D eigenvalue weighted by molar-refractivity contribution is 5.96. The quantitative estimate of drug-likeness (QED) is 0.772. The van der Waals surface area contributed by atoms with E-state index in [1.165, 1.54) is 18.4 Å². The molecule has 0 bridgehead atoms. The molecule has 4 heteroatoms. The first kappa shape index (κ1) is 14.1. The summed E-state index contributed by atoms with van der Waals surface area (Å²) in [6.45, 7) is 4.59. The predicted molar refractivity (Wildman–Crippen MR) is 74.6 cm³/mol. The number of carbonyl (C=O) groups excluding carboxylic acids is 2. The molecule has 19 heavy (non-hydrogen) atoms. The number of allylic oxidation sites excluding steroid dienone is 1. The predicted octanol–water partition coefficient (Wildman–Crippen LogP) is 2.00. The van der Waals surface area contributed by atoms with Crippen molar-refractivity contribution in [2.75, 3.05) is 6.54 Å². The van der Waals surface area contributed by atoms with E-state index in [0.717, 1.165) is 12.8 Å². The summed E-state index contributed by atoms with van der Waals surface area (Å²) in [6, 6.07) is -0.606. The van der Waals surface area contributed by atoms with Crippen LogP contribution in [0.2, 0.25) is 0 Å². The Morgan fingerprint density at radius 2 is 2.11 bits per heavy atom. The van der Waals surface area contributed by atoms with Gasteiger partial charge >= 0.3 is 0 Å². The number of nitrogens with one attached hydrogen (secondary N) is 1. The average Bonchev–Trinajstić information content (AvgIpc) is 2.92. The molecule has 1 heterocycles. The third-order valence-corrected chi connectivity index (χ3v) is 4.18. The van der Waals surface area contributed by atoms with Gasteiger partial charge in [0.05, 0.1) is 0 Å². The molecule has 0 radical (unpaired) electrons. The van der Waals surface area contributed by atoms with Gasteiger partial charge in [-0.2, -0.15) is 0 Å². The Hall–Kier alpha value is -1.32. The molecule has 1 aliphatic carbocycles. The first-order valence-corrected chi connectivity index (χ1v) is 7.46. The van der Waals surface area contributed by atoms with Gasteiger partial charge in [-0.1, -0.05) is 25.5 Å². The largest absolute Gasteiger partial charge is 0.343 e. The van der Waals surface area contributed by atoms with Gasteiger partial charge in [-0.05, 0) is 38.5 Å². The minimum absolute atomic E-state index is 0.00866. The molecule has 2 unspecified atom stereocenters. The molecular weight excluding hydrogens is 240 g/mol. The Morgan fingerprint density at radius 3 is 2.68 bits per heavy atom. The number of carbonyl (C=O) groups is 2. The van der Waals surface area contributed by atoms with Crippen LogP contribution in [0.3, 0.4) is 0 Å². The van der Waals surface area contributed by atoms with Crippen LogP contribution in [0.15, 0.2) is 11.6 Å². The van der Waals surface area contributed by atoms with Crippen LogP contribution in [0.4, 0.5) is 0 Å². The second-order valence-electron chi connectivity index (χ2n) is 5.43. The van der Waals surface area contributed by atoms with Crippen molar-refractivity contribution in [2.45, 2.75) is 64.5 Å². The van der Waals surface area contributed by atoms with Crippen LogP contribution in [-0.4, -0.2) is 35.3 Å². The molecule has 0 aromatic carbocycles. The highest BCUT2D eigenvalue weighted by Crippen LogP contribution is 2.23. The number of hydrogen-bond acceptors (Lipinski definition) is 2. The molecule has 0 saturated carbocycles. The molecule has 1 N–H and O–H groups in total. The number of nitrogens with zero attached hydrogens (tertiary/aromatic N) is 1. The first-order valence-electron chi connectivity index (χ1n) is 7.46. The number of piperazine rings is 1. The van der Waals surface area contributed by atoms with Crippen LogP contribution in [0.5, 0.6) is 0 Å². The van der Waals surface area contributed by atoms with E-state index >= 15 is 0 Å². The Kier molecular flexibility index (Phi) is 4.61. The maximum absolute atomic E-state index is 12.4. The van der Waals surface area contributed by atoms with Crippen molar-refractivity contribution >= 4 is 11.8 Å². The number of amides is 2. The van der Waals surface area contributed by atoms with Gasteiger partial charge in [0.25, 0.3) is 0 Å². The molecule has 0 aromatic heterocycles. The molecule has 2 aliphatic rings. The maximum Gasteiger partial charge on any atom is 0.245 e. The zero-order valence-corrected chi connectivity index (χ0v) is 11.9. The average molecular weight is 264 g/mol. The minimum atomic E-state index is -0.326. The fraction of sp³-hybridized carbons (Fsp3) is 0.733. The van der Waals surface area contributed by atoms with Gasteiger partial charge in [0, 0.05) is 6.54 Å². The Labute approximate surface area is 115 Å². The lowest BCUT2D eigenvalue weighted by molar-refractivity contribution is -0.149. The van der Waals surface area contributed by atoms with Gasteiger partial charge in [0.2, 0.25) is 11.8 Å². The van der Waals surface area contributed by atoms with Crippen molar-refractivity contribution in [3.05, 3.63) is 11.6 Å². The van der Waals surface area contributed by atoms with Crippen molar-refractivity contribution in [3.63, 3.8) is 0 Å². The highest BCUT2D eigenvalue weighted by Gasteiger charge is 2.38. The second-order valence-corrected chi connectivity index (χ2v) is 5.43. The summed E-state index contributed by atoms with van der Waals surface area (Å²) in [5.74, 6) is 0.0990. The monoisotopic (exact) mass is 264 g/mol. The fourth-order valence-electron chi connectivity index (χ4n) is 3.00. The van der Waals surface area contributed by atoms with Gasteiger partial charge in [-0.3, -0.25) is 9.59 Å². The topological polar surface area (TPSA) is 49.4 Å². The molecule has 2 rings (SSSR count). The third-order valence-electron chi connectivity index (χ3n) is 4.18. The van der Waals surface area contributed by atoms with Crippen LogP contribution < -0.4 is 5.32 Å². The zero-order valence-electron chi connectivity index (χ0n) is 11.9. The summed E-state index contributed by atoms with van der Waals surface area (Å²) in [5.41, 5.74) is 1.45. The van der Waals surface area contributed by atoms with E-state index in [9.17, 15) is 9.59 Å². The molecular formula is C15H24N2O2. The molecule has 1 fully saturated rings. The van der Waals surface area contributed by atoms with Crippen LogP contribution in [0, 0.1) is 0 Å². The molecule has 106 valence electrons. The van der Waals surface area contributed by atoms with Crippen molar-refractivity contribution < 1.29 is 9.59 Å². The molecule has 1 saturated heterocycles. The normalized spacial score (nSPS) is 27.5. The lowest BCUT2D eigenvalue weighted by atomic mass is 10.0. The van der Waals surface area contributed by atoms with Gasteiger partial charge in [-0.25, -0.2) is 0 Å². The standard InChI is InChI=1S/C15H24N2O2/c1-3-12-15(19)17(13(4-2)14(18)16-12)10-9-11-7-5-6-8-11/h7,12-13H,3-6,8-10H2,1-2H3,(H,16,18). The van der Waals surface area contributed by atoms with Crippen molar-refractivity contribution in [2.24, 2.45) is 0 Å². The number of hydrogen-bond donors (Lipinski definition) is 1. The molecule has 2 atom stereocenters. The van der Waals surface area contributed by atoms with Gasteiger partial charge < -0.3 is 10.2 Å². The summed E-state index contributed by atoms with van der Waals surface area (Å²) in [6.07, 6.45) is 8.12. The van der Waals surface area contributed by atoms with Gasteiger partial charge in [0.1, 0.15) is 12.1 Å². The van der Waals surface area contributed by atoms with Crippen LogP contribution in [0.25, 0.3) is 0 Å². The highest BCUT2D eigenvalue weighted by atomic mass is 16.2. The van der Waals surface area contributed by atoms with E-state index in [1.54, 1.807) is 4.90 Å². The van der Waals surface area contributed by atoms with Crippen molar-refractivity contribution in [1.29, 1.82) is 0 Å². The first-order chi connectivity index (χ1) is 9.17.